The third-order valence-electron chi connectivity index (χ3n) is 4.76. The highest BCUT2D eigenvalue weighted by Gasteiger charge is 2.37. The molecule has 0 bridgehead atoms. The summed E-state index contributed by atoms with van der Waals surface area (Å²) in [5, 5.41) is 3.28. The Labute approximate surface area is 120 Å². The fraction of sp³-hybridized carbons (Fsp3) is 0.688. The Kier molecular flexibility index (Phi) is 3.59. The van der Waals surface area contributed by atoms with Crippen LogP contribution in [0.5, 0.6) is 0 Å². The molecule has 1 aromatic heterocycles. The maximum Gasteiger partial charge on any atom is 0.227 e. The highest BCUT2D eigenvalue weighted by Crippen LogP contribution is 2.47. The number of nitrogens with one attached hydrogen (secondary N) is 1. The monoisotopic (exact) mass is 276 g/mol. The minimum atomic E-state index is 0.109. The van der Waals surface area contributed by atoms with Gasteiger partial charge in [-0.3, -0.25) is 4.79 Å². The number of rotatable bonds is 4. The molecule has 0 aromatic carbocycles. The topological polar surface area (TPSA) is 45.5 Å². The van der Waals surface area contributed by atoms with Crippen molar-refractivity contribution in [1.82, 2.24) is 10.2 Å². The van der Waals surface area contributed by atoms with Crippen LogP contribution < -0.4 is 5.32 Å². The maximum atomic E-state index is 12.4. The van der Waals surface area contributed by atoms with Crippen LogP contribution in [0.25, 0.3) is 0 Å². The molecule has 3 rings (SSSR count). The molecule has 1 saturated carbocycles. The second kappa shape index (κ2) is 5.24. The smallest absolute Gasteiger partial charge is 0.227 e. The van der Waals surface area contributed by atoms with Gasteiger partial charge in [-0.15, -0.1) is 0 Å². The van der Waals surface area contributed by atoms with Crippen molar-refractivity contribution in [1.29, 1.82) is 0 Å². The number of hydrogen-bond acceptors (Lipinski definition) is 3. The molecule has 20 heavy (non-hydrogen) atoms. The summed E-state index contributed by atoms with van der Waals surface area (Å²) in [6.45, 7) is 6.69. The molecule has 4 heteroatoms. The minimum Gasteiger partial charge on any atom is -0.464 e. The number of hydrogen-bond donors (Lipinski definition) is 1. The molecule has 1 aromatic rings. The van der Waals surface area contributed by atoms with E-state index < -0.39 is 0 Å². The largest absolute Gasteiger partial charge is 0.464 e. The highest BCUT2D eigenvalue weighted by atomic mass is 16.3. The van der Waals surface area contributed by atoms with E-state index in [1.807, 2.05) is 13.1 Å². The van der Waals surface area contributed by atoms with E-state index in [2.05, 4.69) is 25.2 Å². The molecular weight excluding hydrogens is 252 g/mol. The van der Waals surface area contributed by atoms with Crippen molar-refractivity contribution in [3.63, 3.8) is 0 Å². The lowest BCUT2D eigenvalue weighted by Gasteiger charge is -2.22. The molecule has 1 saturated heterocycles. The summed E-state index contributed by atoms with van der Waals surface area (Å²) in [5.41, 5.74) is 0. The van der Waals surface area contributed by atoms with Gasteiger partial charge in [0.15, 0.2) is 0 Å². The summed E-state index contributed by atoms with van der Waals surface area (Å²) >= 11 is 0. The number of carbonyl (C=O) groups excluding carboxylic acids is 1. The first-order chi connectivity index (χ1) is 9.56. The molecule has 110 valence electrons. The normalized spacial score (nSPS) is 32.4. The summed E-state index contributed by atoms with van der Waals surface area (Å²) in [6, 6.07) is 4.09. The van der Waals surface area contributed by atoms with Gasteiger partial charge >= 0.3 is 0 Å². The van der Waals surface area contributed by atoms with Gasteiger partial charge in [0.25, 0.3) is 0 Å². The summed E-state index contributed by atoms with van der Waals surface area (Å²) in [7, 11) is 1.87. The van der Waals surface area contributed by atoms with Gasteiger partial charge in [0.2, 0.25) is 5.91 Å². The second-order valence-electron chi connectivity index (χ2n) is 6.56. The first-order valence-corrected chi connectivity index (χ1v) is 7.60. The van der Waals surface area contributed by atoms with Crippen molar-refractivity contribution < 1.29 is 9.21 Å². The van der Waals surface area contributed by atoms with E-state index in [1.54, 1.807) is 4.90 Å². The van der Waals surface area contributed by atoms with Crippen LogP contribution in [-0.4, -0.2) is 30.9 Å². The van der Waals surface area contributed by atoms with E-state index in [1.165, 1.54) is 6.42 Å². The van der Waals surface area contributed by atoms with Crippen molar-refractivity contribution >= 4 is 5.91 Å². The Bertz CT molecular complexity index is 496. The Morgan fingerprint density at radius 2 is 2.10 bits per heavy atom. The Morgan fingerprint density at radius 1 is 1.35 bits per heavy atom. The zero-order valence-electron chi connectivity index (χ0n) is 12.6. The average Bonchev–Trinajstić information content (AvgIpc) is 2.81. The third-order valence-corrected chi connectivity index (χ3v) is 4.76. The minimum absolute atomic E-state index is 0.109. The first-order valence-electron chi connectivity index (χ1n) is 7.60. The molecule has 4 atom stereocenters. The molecule has 1 N–H and O–H groups in total. The molecule has 2 heterocycles. The lowest BCUT2D eigenvalue weighted by Crippen LogP contribution is -2.35. The van der Waals surface area contributed by atoms with Gasteiger partial charge in [-0.25, -0.2) is 0 Å². The molecule has 0 spiro atoms. The summed E-state index contributed by atoms with van der Waals surface area (Å²) in [6.07, 6.45) is 1.23. The molecule has 2 fully saturated rings. The lowest BCUT2D eigenvalue weighted by molar-refractivity contribution is -0.135. The SMILES string of the molecule is CC1CNCC1C(=O)N(C)Cc1ccc(C2CC2C)o1. The van der Waals surface area contributed by atoms with E-state index in [-0.39, 0.29) is 11.8 Å². The van der Waals surface area contributed by atoms with E-state index in [0.717, 1.165) is 30.5 Å². The average molecular weight is 276 g/mol. The van der Waals surface area contributed by atoms with Crippen molar-refractivity contribution in [2.24, 2.45) is 17.8 Å². The Morgan fingerprint density at radius 3 is 2.70 bits per heavy atom. The predicted molar refractivity (Wildman–Crippen MR) is 77.2 cm³/mol. The van der Waals surface area contributed by atoms with Crippen molar-refractivity contribution in [3.05, 3.63) is 23.7 Å². The Balaban J connectivity index is 1.59. The molecule has 2 aliphatic rings. The van der Waals surface area contributed by atoms with E-state index in [9.17, 15) is 4.79 Å². The van der Waals surface area contributed by atoms with Crippen molar-refractivity contribution in [2.45, 2.75) is 32.7 Å². The zero-order chi connectivity index (χ0) is 14.3. The first kappa shape index (κ1) is 13.7. The molecule has 1 aliphatic heterocycles. The number of amides is 1. The van der Waals surface area contributed by atoms with Crippen LogP contribution in [-0.2, 0) is 11.3 Å². The zero-order valence-corrected chi connectivity index (χ0v) is 12.6. The molecular formula is C16H24N2O2. The maximum absolute atomic E-state index is 12.4. The number of carbonyl (C=O) groups is 1. The van der Waals surface area contributed by atoms with Gasteiger partial charge in [0.1, 0.15) is 11.5 Å². The van der Waals surface area contributed by atoms with E-state index >= 15 is 0 Å². The quantitative estimate of drug-likeness (QED) is 0.917. The molecule has 0 radical (unpaired) electrons. The molecule has 4 nitrogen and oxygen atoms in total. The Hall–Kier alpha value is -1.29. The van der Waals surface area contributed by atoms with Crippen molar-refractivity contribution in [2.75, 3.05) is 20.1 Å². The van der Waals surface area contributed by atoms with Gasteiger partial charge in [0, 0.05) is 19.5 Å². The second-order valence-corrected chi connectivity index (χ2v) is 6.56. The number of furan rings is 1. The summed E-state index contributed by atoms with van der Waals surface area (Å²) < 4.78 is 5.88. The van der Waals surface area contributed by atoms with Crippen LogP contribution in [0.3, 0.4) is 0 Å². The fourth-order valence-electron chi connectivity index (χ4n) is 3.13. The highest BCUT2D eigenvalue weighted by molar-refractivity contribution is 5.79. The van der Waals surface area contributed by atoms with Gasteiger partial charge in [0.05, 0.1) is 12.5 Å². The van der Waals surface area contributed by atoms with Crippen LogP contribution in [0.4, 0.5) is 0 Å². The third kappa shape index (κ3) is 2.62. The molecule has 1 amide bonds. The van der Waals surface area contributed by atoms with Crippen LogP contribution >= 0.6 is 0 Å². The summed E-state index contributed by atoms with van der Waals surface area (Å²) in [5.74, 6) is 4.09. The molecule has 1 aliphatic carbocycles. The van der Waals surface area contributed by atoms with Crippen LogP contribution in [0.1, 0.15) is 37.7 Å². The molecule has 4 unspecified atom stereocenters. The van der Waals surface area contributed by atoms with Gasteiger partial charge in [-0.05, 0) is 36.9 Å². The van der Waals surface area contributed by atoms with Crippen LogP contribution in [0.15, 0.2) is 16.5 Å². The number of nitrogens with zero attached hydrogens (tertiary/aromatic N) is 1. The van der Waals surface area contributed by atoms with Crippen LogP contribution in [0.2, 0.25) is 0 Å². The van der Waals surface area contributed by atoms with Gasteiger partial charge < -0.3 is 14.6 Å². The van der Waals surface area contributed by atoms with Crippen molar-refractivity contribution in [3.8, 4) is 0 Å². The van der Waals surface area contributed by atoms with Gasteiger partial charge in [-0.1, -0.05) is 13.8 Å². The predicted octanol–water partition coefficient (Wildman–Crippen LogP) is 2.22. The van der Waals surface area contributed by atoms with Gasteiger partial charge in [-0.2, -0.15) is 0 Å². The van der Waals surface area contributed by atoms with Crippen LogP contribution in [0, 0.1) is 17.8 Å². The van der Waals surface area contributed by atoms with E-state index in [0.29, 0.717) is 18.4 Å². The summed E-state index contributed by atoms with van der Waals surface area (Å²) in [4.78, 5) is 14.2. The lowest BCUT2D eigenvalue weighted by atomic mass is 9.97. The van der Waals surface area contributed by atoms with E-state index in [4.69, 9.17) is 4.42 Å². The standard InChI is InChI=1S/C16H24N2O2/c1-10-6-13(10)15-5-4-12(20-15)9-18(3)16(19)14-8-17-7-11(14)2/h4-5,10-11,13-14,17H,6-9H2,1-3H3. The fourth-order valence-corrected chi connectivity index (χ4v) is 3.13.